The van der Waals surface area contributed by atoms with Gasteiger partial charge in [-0.05, 0) is 43.3 Å². The van der Waals surface area contributed by atoms with Crippen molar-refractivity contribution in [2.75, 3.05) is 18.9 Å². The predicted molar refractivity (Wildman–Crippen MR) is 100 cm³/mol. The van der Waals surface area contributed by atoms with Crippen LogP contribution in [0.15, 0.2) is 67.3 Å². The van der Waals surface area contributed by atoms with Crippen molar-refractivity contribution in [1.29, 1.82) is 0 Å². The molecule has 6 nitrogen and oxygen atoms in total. The summed E-state index contributed by atoms with van der Waals surface area (Å²) in [7, 11) is 1.61. The lowest BCUT2D eigenvalue weighted by atomic mass is 10.2. The number of anilines is 1. The summed E-state index contributed by atoms with van der Waals surface area (Å²) in [6.45, 7) is 1.96. The highest BCUT2D eigenvalue weighted by molar-refractivity contribution is 5.99. The van der Waals surface area contributed by atoms with Crippen molar-refractivity contribution in [3.63, 3.8) is 0 Å². The molecule has 0 saturated carbocycles. The SMILES string of the molecule is Cc1ccc(NC(=O)CN(C)C(=O)c2ccc(-n3ccnc3)cc2)cc1. The van der Waals surface area contributed by atoms with Crippen LogP contribution < -0.4 is 5.32 Å². The Kier molecular flexibility index (Phi) is 5.12. The van der Waals surface area contributed by atoms with Gasteiger partial charge in [0, 0.05) is 36.4 Å². The van der Waals surface area contributed by atoms with Gasteiger partial charge in [0.15, 0.2) is 0 Å². The van der Waals surface area contributed by atoms with Crippen LogP contribution in [0, 0.1) is 6.92 Å². The number of aromatic nitrogens is 2. The van der Waals surface area contributed by atoms with Crippen molar-refractivity contribution in [2.24, 2.45) is 0 Å². The Balaban J connectivity index is 1.60. The molecule has 3 rings (SSSR count). The molecular formula is C20H20N4O2. The summed E-state index contributed by atoms with van der Waals surface area (Å²) < 4.78 is 1.85. The van der Waals surface area contributed by atoms with E-state index >= 15 is 0 Å². The Morgan fingerprint density at radius 3 is 2.38 bits per heavy atom. The normalized spacial score (nSPS) is 10.4. The molecule has 0 radical (unpaired) electrons. The molecule has 3 aromatic rings. The monoisotopic (exact) mass is 348 g/mol. The third kappa shape index (κ3) is 4.16. The minimum Gasteiger partial charge on any atom is -0.332 e. The van der Waals surface area contributed by atoms with Crippen molar-refractivity contribution in [2.45, 2.75) is 6.92 Å². The Morgan fingerprint density at radius 2 is 1.77 bits per heavy atom. The van der Waals surface area contributed by atoms with Gasteiger partial charge in [0.05, 0.1) is 12.9 Å². The minimum atomic E-state index is -0.236. The first-order valence-corrected chi connectivity index (χ1v) is 8.23. The molecule has 6 heteroatoms. The third-order valence-electron chi connectivity index (χ3n) is 3.98. The van der Waals surface area contributed by atoms with Gasteiger partial charge in [-0.1, -0.05) is 17.7 Å². The number of rotatable bonds is 5. The number of hydrogen-bond donors (Lipinski definition) is 1. The van der Waals surface area contributed by atoms with E-state index in [0.29, 0.717) is 11.3 Å². The lowest BCUT2D eigenvalue weighted by Crippen LogP contribution is -2.34. The van der Waals surface area contributed by atoms with Crippen LogP contribution in [0.25, 0.3) is 5.69 Å². The van der Waals surface area contributed by atoms with Crippen LogP contribution >= 0.6 is 0 Å². The molecule has 26 heavy (non-hydrogen) atoms. The van der Waals surface area contributed by atoms with Gasteiger partial charge >= 0.3 is 0 Å². The average molecular weight is 348 g/mol. The van der Waals surface area contributed by atoms with E-state index in [1.54, 1.807) is 31.7 Å². The summed E-state index contributed by atoms with van der Waals surface area (Å²) in [5, 5.41) is 2.79. The molecule has 0 saturated heterocycles. The fraction of sp³-hybridized carbons (Fsp3) is 0.150. The molecule has 0 fully saturated rings. The first-order chi connectivity index (χ1) is 12.5. The molecule has 0 aliphatic carbocycles. The molecule has 0 bridgehead atoms. The molecule has 0 atom stereocenters. The highest BCUT2D eigenvalue weighted by Crippen LogP contribution is 2.12. The maximum Gasteiger partial charge on any atom is 0.254 e. The molecule has 0 aliphatic rings. The van der Waals surface area contributed by atoms with E-state index in [0.717, 1.165) is 11.3 Å². The first-order valence-electron chi connectivity index (χ1n) is 8.23. The third-order valence-corrected chi connectivity index (χ3v) is 3.98. The van der Waals surface area contributed by atoms with Gasteiger partial charge in [-0.15, -0.1) is 0 Å². The zero-order valence-corrected chi connectivity index (χ0v) is 14.7. The fourth-order valence-corrected chi connectivity index (χ4v) is 2.53. The van der Waals surface area contributed by atoms with Gasteiger partial charge in [0.2, 0.25) is 5.91 Å². The lowest BCUT2D eigenvalue weighted by Gasteiger charge is -2.17. The van der Waals surface area contributed by atoms with Crippen LogP contribution in [0.3, 0.4) is 0 Å². The molecule has 0 unspecified atom stereocenters. The first kappa shape index (κ1) is 17.4. The van der Waals surface area contributed by atoms with Crippen molar-refractivity contribution in [3.8, 4) is 5.69 Å². The number of nitrogens with zero attached hydrogens (tertiary/aromatic N) is 3. The average Bonchev–Trinajstić information content (AvgIpc) is 3.18. The van der Waals surface area contributed by atoms with Gasteiger partial charge in [0.25, 0.3) is 5.91 Å². The van der Waals surface area contributed by atoms with E-state index in [1.807, 2.05) is 54.1 Å². The number of benzene rings is 2. The smallest absolute Gasteiger partial charge is 0.254 e. The summed E-state index contributed by atoms with van der Waals surface area (Å²) >= 11 is 0. The maximum atomic E-state index is 12.5. The van der Waals surface area contributed by atoms with Crippen LogP contribution in [0.5, 0.6) is 0 Å². The van der Waals surface area contributed by atoms with Crippen LogP contribution in [-0.4, -0.2) is 39.9 Å². The number of nitrogens with one attached hydrogen (secondary N) is 1. The largest absolute Gasteiger partial charge is 0.332 e. The number of aryl methyl sites for hydroxylation is 1. The molecule has 2 aromatic carbocycles. The molecule has 0 spiro atoms. The molecule has 1 aromatic heterocycles. The summed E-state index contributed by atoms with van der Waals surface area (Å²) in [5.41, 5.74) is 3.28. The Labute approximate surface area is 152 Å². The standard InChI is InChI=1S/C20H20N4O2/c1-15-3-7-17(8-4-15)22-19(25)13-23(2)20(26)16-5-9-18(10-6-16)24-12-11-21-14-24/h3-12,14H,13H2,1-2H3,(H,22,25). The highest BCUT2D eigenvalue weighted by atomic mass is 16.2. The lowest BCUT2D eigenvalue weighted by molar-refractivity contribution is -0.116. The van der Waals surface area contributed by atoms with E-state index in [-0.39, 0.29) is 18.4 Å². The number of hydrogen-bond acceptors (Lipinski definition) is 3. The molecule has 2 amide bonds. The molecular weight excluding hydrogens is 328 g/mol. The second-order valence-electron chi connectivity index (χ2n) is 6.09. The van der Waals surface area contributed by atoms with Gasteiger partial charge < -0.3 is 14.8 Å². The van der Waals surface area contributed by atoms with Gasteiger partial charge in [-0.2, -0.15) is 0 Å². The second kappa shape index (κ2) is 7.65. The molecule has 0 aliphatic heterocycles. The summed E-state index contributed by atoms with van der Waals surface area (Å²) in [6, 6.07) is 14.7. The van der Waals surface area contributed by atoms with Gasteiger partial charge in [0.1, 0.15) is 0 Å². The summed E-state index contributed by atoms with van der Waals surface area (Å²) in [4.78, 5) is 30.0. The summed E-state index contributed by atoms with van der Waals surface area (Å²) in [5.74, 6) is -0.444. The van der Waals surface area contributed by atoms with E-state index in [9.17, 15) is 9.59 Å². The maximum absolute atomic E-state index is 12.5. The highest BCUT2D eigenvalue weighted by Gasteiger charge is 2.15. The second-order valence-corrected chi connectivity index (χ2v) is 6.09. The quantitative estimate of drug-likeness (QED) is 0.771. The summed E-state index contributed by atoms with van der Waals surface area (Å²) in [6.07, 6.45) is 5.22. The van der Waals surface area contributed by atoms with Crippen molar-refractivity contribution >= 4 is 17.5 Å². The predicted octanol–water partition coefficient (Wildman–Crippen LogP) is 2.89. The number of amides is 2. The fourth-order valence-electron chi connectivity index (χ4n) is 2.53. The van der Waals surface area contributed by atoms with Gasteiger partial charge in [-0.3, -0.25) is 9.59 Å². The zero-order chi connectivity index (χ0) is 18.5. The van der Waals surface area contributed by atoms with Crippen LogP contribution in [0.2, 0.25) is 0 Å². The number of carbonyl (C=O) groups excluding carboxylic acids is 2. The molecule has 132 valence electrons. The Hall–Kier alpha value is -3.41. The van der Waals surface area contributed by atoms with Gasteiger partial charge in [-0.25, -0.2) is 4.98 Å². The van der Waals surface area contributed by atoms with Crippen LogP contribution in [-0.2, 0) is 4.79 Å². The van der Waals surface area contributed by atoms with Crippen LogP contribution in [0.1, 0.15) is 15.9 Å². The van der Waals surface area contributed by atoms with Crippen molar-refractivity contribution in [3.05, 3.63) is 78.4 Å². The number of carbonyl (C=O) groups is 2. The molecule has 1 N–H and O–H groups in total. The van der Waals surface area contributed by atoms with Crippen molar-refractivity contribution < 1.29 is 9.59 Å². The van der Waals surface area contributed by atoms with Crippen molar-refractivity contribution in [1.82, 2.24) is 14.5 Å². The van der Waals surface area contributed by atoms with E-state index < -0.39 is 0 Å². The number of imidazole rings is 1. The van der Waals surface area contributed by atoms with E-state index in [2.05, 4.69) is 10.3 Å². The molecule has 1 heterocycles. The van der Waals surface area contributed by atoms with E-state index in [4.69, 9.17) is 0 Å². The number of likely N-dealkylation sites (N-methyl/N-ethyl adjacent to an activating group) is 1. The van der Waals surface area contributed by atoms with Crippen LogP contribution in [0.4, 0.5) is 5.69 Å². The zero-order valence-electron chi connectivity index (χ0n) is 14.7. The van der Waals surface area contributed by atoms with E-state index in [1.165, 1.54) is 4.90 Å². The topological polar surface area (TPSA) is 67.2 Å². The minimum absolute atomic E-state index is 0.0179. The Bertz CT molecular complexity index is 885. The Morgan fingerprint density at radius 1 is 1.08 bits per heavy atom.